The lowest BCUT2D eigenvalue weighted by atomic mass is 9.99. The van der Waals surface area contributed by atoms with Crippen molar-refractivity contribution >= 4 is 17.5 Å². The Morgan fingerprint density at radius 1 is 1.35 bits per heavy atom. The molecule has 1 heterocycles. The number of carbonyl (C=O) groups excluding carboxylic acids is 2. The molecule has 108 valence electrons. The molecule has 0 aromatic heterocycles. The second-order valence-corrected chi connectivity index (χ2v) is 4.84. The van der Waals surface area contributed by atoms with Gasteiger partial charge in [0.05, 0.1) is 18.7 Å². The number of hydrogen-bond donors (Lipinski definition) is 3. The van der Waals surface area contributed by atoms with Crippen LogP contribution in [0.2, 0.25) is 0 Å². The van der Waals surface area contributed by atoms with Crippen molar-refractivity contribution in [1.29, 1.82) is 0 Å². The molecule has 6 heteroatoms. The topological polar surface area (TPSA) is 93.5 Å². The van der Waals surface area contributed by atoms with Gasteiger partial charge in [-0.15, -0.1) is 0 Å². The molecule has 2 amide bonds. The van der Waals surface area contributed by atoms with Gasteiger partial charge in [0.2, 0.25) is 11.8 Å². The highest BCUT2D eigenvalue weighted by Gasteiger charge is 2.20. The summed E-state index contributed by atoms with van der Waals surface area (Å²) in [6.07, 6.45) is 0.651. The summed E-state index contributed by atoms with van der Waals surface area (Å²) in [6.45, 7) is 1.99. The minimum atomic E-state index is -0.413. The molecule has 0 saturated carbocycles. The molecule has 2 rings (SSSR count). The van der Waals surface area contributed by atoms with E-state index in [2.05, 4.69) is 10.6 Å². The van der Waals surface area contributed by atoms with Gasteiger partial charge in [0.1, 0.15) is 5.75 Å². The number of ether oxygens (including phenoxy) is 1. The molecule has 0 spiro atoms. The van der Waals surface area contributed by atoms with E-state index >= 15 is 0 Å². The first-order valence-electron chi connectivity index (χ1n) is 6.66. The quantitative estimate of drug-likeness (QED) is 0.676. The Balaban J connectivity index is 1.88. The Hall–Kier alpha value is -2.08. The van der Waals surface area contributed by atoms with E-state index in [4.69, 9.17) is 10.5 Å². The monoisotopic (exact) mass is 277 g/mol. The molecule has 20 heavy (non-hydrogen) atoms. The van der Waals surface area contributed by atoms with Crippen molar-refractivity contribution in [2.75, 3.05) is 25.0 Å². The minimum absolute atomic E-state index is 0.0255. The van der Waals surface area contributed by atoms with Gasteiger partial charge in [-0.2, -0.15) is 0 Å². The fraction of sp³-hybridized carbons (Fsp3) is 0.429. The smallest absolute Gasteiger partial charge is 0.224 e. The minimum Gasteiger partial charge on any atom is -0.491 e. The molecule has 0 bridgehead atoms. The predicted molar refractivity (Wildman–Crippen MR) is 75.4 cm³/mol. The van der Waals surface area contributed by atoms with Crippen LogP contribution in [-0.4, -0.2) is 31.5 Å². The number of rotatable bonds is 7. The molecule has 4 N–H and O–H groups in total. The zero-order valence-corrected chi connectivity index (χ0v) is 11.2. The molecule has 0 atom stereocenters. The van der Waals surface area contributed by atoms with Crippen LogP contribution < -0.4 is 21.1 Å². The van der Waals surface area contributed by atoms with Crippen molar-refractivity contribution in [3.05, 3.63) is 24.3 Å². The van der Waals surface area contributed by atoms with Crippen LogP contribution in [0.25, 0.3) is 0 Å². The van der Waals surface area contributed by atoms with E-state index in [1.54, 1.807) is 12.1 Å². The third-order valence-electron chi connectivity index (χ3n) is 3.11. The molecular weight excluding hydrogens is 258 g/mol. The van der Waals surface area contributed by atoms with E-state index in [1.165, 1.54) is 0 Å². The molecule has 1 fully saturated rings. The lowest BCUT2D eigenvalue weighted by Gasteiger charge is -2.26. The highest BCUT2D eigenvalue weighted by atomic mass is 16.5. The highest BCUT2D eigenvalue weighted by molar-refractivity contribution is 5.92. The Morgan fingerprint density at radius 3 is 2.75 bits per heavy atom. The molecular formula is C14H19N3O3. The summed E-state index contributed by atoms with van der Waals surface area (Å²) in [6, 6.07) is 7.16. The summed E-state index contributed by atoms with van der Waals surface area (Å²) in [4.78, 5) is 22.6. The SMILES string of the molecule is NC(=O)CCOc1ccccc1NC(=O)CC1CNC1. The van der Waals surface area contributed by atoms with Gasteiger partial charge in [-0.05, 0) is 31.1 Å². The van der Waals surface area contributed by atoms with Crippen LogP contribution in [0.15, 0.2) is 24.3 Å². The Labute approximate surface area is 117 Å². The van der Waals surface area contributed by atoms with E-state index in [9.17, 15) is 9.59 Å². The average Bonchev–Trinajstić information content (AvgIpc) is 2.36. The summed E-state index contributed by atoms with van der Waals surface area (Å²) in [5, 5.41) is 5.97. The number of nitrogens with one attached hydrogen (secondary N) is 2. The third-order valence-corrected chi connectivity index (χ3v) is 3.11. The van der Waals surface area contributed by atoms with Gasteiger partial charge in [0.15, 0.2) is 0 Å². The van der Waals surface area contributed by atoms with Gasteiger partial charge < -0.3 is 21.1 Å². The molecule has 6 nitrogen and oxygen atoms in total. The van der Waals surface area contributed by atoms with E-state index in [-0.39, 0.29) is 18.9 Å². The summed E-state index contributed by atoms with van der Waals surface area (Å²) in [5.41, 5.74) is 5.68. The number of primary amides is 1. The number of carbonyl (C=O) groups is 2. The van der Waals surface area contributed by atoms with Crippen molar-refractivity contribution in [2.45, 2.75) is 12.8 Å². The van der Waals surface area contributed by atoms with Crippen LogP contribution in [-0.2, 0) is 9.59 Å². The van der Waals surface area contributed by atoms with E-state index < -0.39 is 5.91 Å². The van der Waals surface area contributed by atoms with Gasteiger partial charge in [0.25, 0.3) is 0 Å². The Morgan fingerprint density at radius 2 is 2.10 bits per heavy atom. The Bertz CT molecular complexity index is 486. The molecule has 1 aromatic carbocycles. The van der Waals surface area contributed by atoms with E-state index in [1.807, 2.05) is 12.1 Å². The Kier molecular flexibility index (Phi) is 4.95. The van der Waals surface area contributed by atoms with Crippen molar-refractivity contribution < 1.29 is 14.3 Å². The maximum atomic E-state index is 11.9. The maximum absolute atomic E-state index is 11.9. The normalized spacial score (nSPS) is 14.4. The molecule has 0 aliphatic carbocycles. The van der Waals surface area contributed by atoms with Gasteiger partial charge in [0, 0.05) is 6.42 Å². The lowest BCUT2D eigenvalue weighted by molar-refractivity contribution is -0.119. The summed E-state index contributed by atoms with van der Waals surface area (Å²) >= 11 is 0. The van der Waals surface area contributed by atoms with Gasteiger partial charge in [-0.1, -0.05) is 12.1 Å². The predicted octanol–water partition coefficient (Wildman–Crippen LogP) is 0.489. The van der Waals surface area contributed by atoms with Crippen molar-refractivity contribution in [3.8, 4) is 5.75 Å². The van der Waals surface area contributed by atoms with Gasteiger partial charge in [-0.25, -0.2) is 0 Å². The molecule has 1 aromatic rings. The fourth-order valence-corrected chi connectivity index (χ4v) is 1.91. The molecule has 1 saturated heterocycles. The second-order valence-electron chi connectivity index (χ2n) is 4.84. The van der Waals surface area contributed by atoms with Crippen molar-refractivity contribution in [3.63, 3.8) is 0 Å². The molecule has 0 unspecified atom stereocenters. The molecule has 1 aliphatic rings. The van der Waals surface area contributed by atoms with Crippen LogP contribution in [0, 0.1) is 5.92 Å². The zero-order valence-electron chi connectivity index (χ0n) is 11.2. The van der Waals surface area contributed by atoms with Crippen molar-refractivity contribution in [2.24, 2.45) is 11.7 Å². The molecule has 1 aliphatic heterocycles. The number of benzene rings is 1. The fourth-order valence-electron chi connectivity index (χ4n) is 1.91. The largest absolute Gasteiger partial charge is 0.491 e. The van der Waals surface area contributed by atoms with Gasteiger partial charge >= 0.3 is 0 Å². The number of nitrogens with two attached hydrogens (primary N) is 1. The summed E-state index contributed by atoms with van der Waals surface area (Å²) in [5.74, 6) is 0.526. The summed E-state index contributed by atoms with van der Waals surface area (Å²) < 4.78 is 5.47. The first kappa shape index (κ1) is 14.3. The average molecular weight is 277 g/mol. The number of amides is 2. The summed E-state index contributed by atoms with van der Waals surface area (Å²) in [7, 11) is 0. The first-order chi connectivity index (χ1) is 9.65. The van der Waals surface area contributed by atoms with Crippen LogP contribution in [0.1, 0.15) is 12.8 Å². The zero-order chi connectivity index (χ0) is 14.4. The first-order valence-corrected chi connectivity index (χ1v) is 6.66. The van der Waals surface area contributed by atoms with E-state index in [0.717, 1.165) is 13.1 Å². The second kappa shape index (κ2) is 6.91. The number of anilines is 1. The third kappa shape index (κ3) is 4.24. The van der Waals surface area contributed by atoms with Crippen LogP contribution in [0.5, 0.6) is 5.75 Å². The van der Waals surface area contributed by atoms with Crippen LogP contribution >= 0.6 is 0 Å². The number of hydrogen-bond acceptors (Lipinski definition) is 4. The maximum Gasteiger partial charge on any atom is 0.224 e. The van der Waals surface area contributed by atoms with E-state index in [0.29, 0.717) is 23.8 Å². The van der Waals surface area contributed by atoms with Crippen LogP contribution in [0.4, 0.5) is 5.69 Å². The molecule has 0 radical (unpaired) electrons. The highest BCUT2D eigenvalue weighted by Crippen LogP contribution is 2.24. The van der Waals surface area contributed by atoms with Crippen LogP contribution in [0.3, 0.4) is 0 Å². The standard InChI is InChI=1S/C14H19N3O3/c15-13(18)5-6-20-12-4-2-1-3-11(12)17-14(19)7-10-8-16-9-10/h1-4,10,16H,5-9H2,(H2,15,18)(H,17,19). The number of para-hydroxylation sites is 2. The lowest BCUT2D eigenvalue weighted by Crippen LogP contribution is -2.43. The van der Waals surface area contributed by atoms with Gasteiger partial charge in [-0.3, -0.25) is 9.59 Å². The van der Waals surface area contributed by atoms with Crippen molar-refractivity contribution in [1.82, 2.24) is 5.32 Å².